The lowest BCUT2D eigenvalue weighted by molar-refractivity contribution is -0.147. The number of aromatic nitrogens is 2. The number of fused-ring (bicyclic) bond motifs is 3. The van der Waals surface area contributed by atoms with Gasteiger partial charge in [0.2, 0.25) is 5.82 Å². The monoisotopic (exact) mass is 484 g/mol. The molecule has 2 aromatic carbocycles. The highest BCUT2D eigenvalue weighted by atomic mass is 16.5. The van der Waals surface area contributed by atoms with Crippen LogP contribution in [-0.2, 0) is 11.2 Å². The molecule has 2 unspecified atom stereocenters. The van der Waals surface area contributed by atoms with Gasteiger partial charge in [-0.05, 0) is 81.3 Å². The minimum atomic E-state index is -0.673. The third-order valence-corrected chi connectivity index (χ3v) is 7.87. The van der Waals surface area contributed by atoms with Crippen LogP contribution in [0.25, 0.3) is 22.8 Å². The first-order valence-electron chi connectivity index (χ1n) is 12.6. The van der Waals surface area contributed by atoms with Gasteiger partial charge in [0.15, 0.2) is 0 Å². The molecule has 8 nitrogen and oxygen atoms in total. The molecule has 1 N–H and O–H groups in total. The molecule has 1 saturated heterocycles. The number of carboxylic acid groups (broad SMARTS) is 1. The Hall–Kier alpha value is -3.70. The molecule has 3 aromatic rings. The summed E-state index contributed by atoms with van der Waals surface area (Å²) in [7, 11) is 0. The van der Waals surface area contributed by atoms with Crippen LogP contribution in [0.1, 0.15) is 55.8 Å². The highest BCUT2D eigenvalue weighted by molar-refractivity contribution is 5.71. The Morgan fingerprint density at radius 2 is 2.11 bits per heavy atom. The van der Waals surface area contributed by atoms with Crippen molar-refractivity contribution in [2.24, 2.45) is 11.8 Å². The summed E-state index contributed by atoms with van der Waals surface area (Å²) in [6.45, 7) is 4.87. The molecular formula is C28H28N4O4. The molecule has 1 aliphatic heterocycles. The van der Waals surface area contributed by atoms with Crippen molar-refractivity contribution in [1.29, 1.82) is 5.26 Å². The van der Waals surface area contributed by atoms with Gasteiger partial charge in [-0.15, -0.1) is 0 Å². The van der Waals surface area contributed by atoms with E-state index in [1.165, 1.54) is 11.1 Å². The number of hydrogen-bond acceptors (Lipinski definition) is 7. The normalized spacial score (nSPS) is 24.7. The van der Waals surface area contributed by atoms with Crippen LogP contribution in [0.5, 0.6) is 5.75 Å². The fraction of sp³-hybridized carbons (Fsp3) is 0.429. The minimum Gasteiger partial charge on any atom is -0.490 e. The van der Waals surface area contributed by atoms with Gasteiger partial charge in [0.05, 0.1) is 17.6 Å². The smallest absolute Gasteiger partial charge is 0.306 e. The summed E-state index contributed by atoms with van der Waals surface area (Å²) < 4.78 is 11.3. The highest BCUT2D eigenvalue weighted by Crippen LogP contribution is 2.52. The van der Waals surface area contributed by atoms with E-state index in [2.05, 4.69) is 28.3 Å². The van der Waals surface area contributed by atoms with E-state index in [0.717, 1.165) is 37.8 Å². The molecule has 6 rings (SSSR count). The second-order valence-electron chi connectivity index (χ2n) is 10.4. The number of benzene rings is 2. The first-order chi connectivity index (χ1) is 17.4. The molecule has 2 atom stereocenters. The lowest BCUT2D eigenvalue weighted by atomic mass is 9.79. The van der Waals surface area contributed by atoms with Crippen molar-refractivity contribution >= 4 is 5.97 Å². The molecule has 0 amide bonds. The van der Waals surface area contributed by atoms with Crippen molar-refractivity contribution in [3.05, 3.63) is 53.1 Å². The number of carbonyl (C=O) groups is 1. The summed E-state index contributed by atoms with van der Waals surface area (Å²) in [5, 5.41) is 23.2. The second kappa shape index (κ2) is 8.75. The topological polar surface area (TPSA) is 112 Å². The van der Waals surface area contributed by atoms with Crippen LogP contribution in [0.4, 0.5) is 0 Å². The van der Waals surface area contributed by atoms with Crippen LogP contribution < -0.4 is 4.74 Å². The lowest BCUT2D eigenvalue weighted by Crippen LogP contribution is -2.46. The van der Waals surface area contributed by atoms with E-state index >= 15 is 0 Å². The predicted molar refractivity (Wildman–Crippen MR) is 131 cm³/mol. The summed E-state index contributed by atoms with van der Waals surface area (Å²) in [6.07, 6.45) is 3.54. The second-order valence-corrected chi connectivity index (χ2v) is 10.4. The first-order valence-corrected chi connectivity index (χ1v) is 12.6. The van der Waals surface area contributed by atoms with E-state index in [0.29, 0.717) is 46.6 Å². The Morgan fingerprint density at radius 3 is 2.86 bits per heavy atom. The molecule has 0 bridgehead atoms. The van der Waals surface area contributed by atoms with Gasteiger partial charge in [0, 0.05) is 23.2 Å². The van der Waals surface area contributed by atoms with E-state index in [4.69, 9.17) is 14.2 Å². The molecular weight excluding hydrogens is 456 g/mol. The molecule has 0 radical (unpaired) electrons. The van der Waals surface area contributed by atoms with E-state index < -0.39 is 5.97 Å². The average molecular weight is 485 g/mol. The summed E-state index contributed by atoms with van der Waals surface area (Å²) >= 11 is 0. The Labute approximate surface area is 209 Å². The number of hydrogen-bond donors (Lipinski definition) is 1. The van der Waals surface area contributed by atoms with Crippen LogP contribution in [0.2, 0.25) is 0 Å². The molecule has 2 heterocycles. The summed E-state index contributed by atoms with van der Waals surface area (Å²) in [5.41, 5.74) is 4.65. The number of aliphatic carboxylic acids is 1. The maximum atomic E-state index is 11.3. The fourth-order valence-corrected chi connectivity index (χ4v) is 6.14. The molecule has 8 heteroatoms. The van der Waals surface area contributed by atoms with Crippen molar-refractivity contribution in [3.8, 4) is 34.7 Å². The van der Waals surface area contributed by atoms with Gasteiger partial charge >= 0.3 is 5.97 Å². The van der Waals surface area contributed by atoms with Crippen molar-refractivity contribution in [1.82, 2.24) is 15.0 Å². The van der Waals surface area contributed by atoms with Gasteiger partial charge in [0.25, 0.3) is 5.89 Å². The van der Waals surface area contributed by atoms with Gasteiger partial charge in [-0.25, -0.2) is 0 Å². The maximum absolute atomic E-state index is 11.3. The molecule has 2 aliphatic carbocycles. The lowest BCUT2D eigenvalue weighted by Gasteiger charge is -2.42. The van der Waals surface area contributed by atoms with Crippen molar-refractivity contribution in [2.75, 3.05) is 6.54 Å². The zero-order valence-electron chi connectivity index (χ0n) is 20.3. The molecule has 2 fully saturated rings. The molecule has 1 aromatic heterocycles. The number of nitriles is 1. The van der Waals surface area contributed by atoms with E-state index in [9.17, 15) is 15.2 Å². The van der Waals surface area contributed by atoms with Crippen LogP contribution in [0.15, 0.2) is 40.9 Å². The van der Waals surface area contributed by atoms with E-state index in [-0.39, 0.29) is 12.0 Å². The maximum Gasteiger partial charge on any atom is 0.306 e. The zero-order valence-corrected chi connectivity index (χ0v) is 20.3. The number of rotatable bonds is 6. The van der Waals surface area contributed by atoms with Crippen LogP contribution in [0, 0.1) is 23.2 Å². The quantitative estimate of drug-likeness (QED) is 0.529. The van der Waals surface area contributed by atoms with Crippen molar-refractivity contribution in [3.63, 3.8) is 0 Å². The van der Waals surface area contributed by atoms with Crippen LogP contribution in [0.3, 0.4) is 0 Å². The number of likely N-dealkylation sites (tertiary alicyclic amines) is 1. The third kappa shape index (κ3) is 3.75. The number of ether oxygens (including phenoxy) is 1. The van der Waals surface area contributed by atoms with Gasteiger partial charge in [-0.1, -0.05) is 23.4 Å². The Kier molecular flexibility index (Phi) is 5.53. The molecule has 0 spiro atoms. The van der Waals surface area contributed by atoms with Crippen molar-refractivity contribution in [2.45, 2.75) is 57.7 Å². The predicted octanol–water partition coefficient (Wildman–Crippen LogP) is 4.84. The molecule has 184 valence electrons. The van der Waals surface area contributed by atoms with Crippen LogP contribution in [-0.4, -0.2) is 44.8 Å². The van der Waals surface area contributed by atoms with Gasteiger partial charge in [-0.2, -0.15) is 10.2 Å². The first kappa shape index (κ1) is 22.7. The Morgan fingerprint density at radius 1 is 1.28 bits per heavy atom. The van der Waals surface area contributed by atoms with E-state index in [1.54, 1.807) is 12.1 Å². The zero-order chi connectivity index (χ0) is 25.0. The summed E-state index contributed by atoms with van der Waals surface area (Å²) in [4.78, 5) is 18.5. The van der Waals surface area contributed by atoms with E-state index in [1.807, 2.05) is 26.0 Å². The molecule has 1 saturated carbocycles. The summed E-state index contributed by atoms with van der Waals surface area (Å²) in [5.74, 6) is 1.10. The van der Waals surface area contributed by atoms with Gasteiger partial charge in [-0.3, -0.25) is 9.69 Å². The average Bonchev–Trinajstić information content (AvgIpc) is 3.54. The van der Waals surface area contributed by atoms with Gasteiger partial charge in [0.1, 0.15) is 11.8 Å². The van der Waals surface area contributed by atoms with Gasteiger partial charge < -0.3 is 14.4 Å². The highest BCUT2D eigenvalue weighted by Gasteiger charge is 2.48. The summed E-state index contributed by atoms with van der Waals surface area (Å²) in [6, 6.07) is 14.5. The fourth-order valence-electron chi connectivity index (χ4n) is 6.14. The standard InChI is InChI=1S/C28H28N4O4/c1-15(2)35-24-7-6-17(10-19(24)14-29)27-30-26(31-36-27)22-5-3-4-21-23(22)13-16-8-9-32(25(16)21)20-11-18(12-20)28(33)34/h3-7,10,15-16,18,20,25H,8-9,11-13H2,1-2H3,(H,33,34). The van der Waals surface area contributed by atoms with Crippen LogP contribution >= 0.6 is 0 Å². The SMILES string of the molecule is CC(C)Oc1ccc(-c2nc(-c3cccc4c3CC3CCN(C5CC(C(=O)O)C5)C43)no2)cc1C#N. The largest absolute Gasteiger partial charge is 0.490 e. The molecule has 3 aliphatic rings. The third-order valence-electron chi connectivity index (χ3n) is 7.87. The number of nitrogens with zero attached hydrogens (tertiary/aromatic N) is 4. The molecule has 36 heavy (non-hydrogen) atoms. The minimum absolute atomic E-state index is 0.0311. The number of carboxylic acids is 1. The Bertz CT molecular complexity index is 1370. The van der Waals surface area contributed by atoms with Crippen molar-refractivity contribution < 1.29 is 19.2 Å². The Balaban J connectivity index is 1.27.